The number of rotatable bonds is 5. The molecule has 1 N–H and O–H groups in total. The van der Waals surface area contributed by atoms with Crippen LogP contribution in [-0.4, -0.2) is 21.4 Å². The number of hydrogen-bond donors (Lipinski definition) is 1. The lowest BCUT2D eigenvalue weighted by molar-refractivity contribution is 0.0685. The lowest BCUT2D eigenvalue weighted by Gasteiger charge is -2.04. The van der Waals surface area contributed by atoms with Gasteiger partial charge in [0, 0.05) is 23.2 Å². The van der Waals surface area contributed by atoms with Crippen LogP contribution in [0.4, 0.5) is 0 Å². The minimum atomic E-state index is -1.03. The molecule has 0 radical (unpaired) electrons. The standard InChI is InChI=1S/C13H12ClNO3S/c1-8(16)9-6-11(13(17)18)15(7-9)5-4-10-2-3-12(14)19-10/h2-3,6-7H,4-5H2,1H3,(H,17,18). The molecule has 2 rings (SSSR count). The average Bonchev–Trinajstić information content (AvgIpc) is 2.92. The summed E-state index contributed by atoms with van der Waals surface area (Å²) in [6.45, 7) is 1.93. The highest BCUT2D eigenvalue weighted by atomic mass is 35.5. The second kappa shape index (κ2) is 5.59. The molecule has 0 saturated heterocycles. The molecule has 0 bridgehead atoms. The maximum absolute atomic E-state index is 11.3. The fourth-order valence-electron chi connectivity index (χ4n) is 1.78. The molecule has 0 amide bonds. The number of Topliss-reactive ketones (excluding diaryl/α,β-unsaturated/α-hetero) is 1. The quantitative estimate of drug-likeness (QED) is 0.861. The molecule has 2 aromatic rings. The first-order valence-electron chi connectivity index (χ1n) is 5.66. The Labute approximate surface area is 119 Å². The van der Waals surface area contributed by atoms with Gasteiger partial charge in [0.15, 0.2) is 5.78 Å². The van der Waals surface area contributed by atoms with Gasteiger partial charge >= 0.3 is 5.97 Å². The Morgan fingerprint density at radius 3 is 2.68 bits per heavy atom. The summed E-state index contributed by atoms with van der Waals surface area (Å²) in [5.41, 5.74) is 0.550. The van der Waals surface area contributed by atoms with Gasteiger partial charge in [-0.2, -0.15) is 0 Å². The van der Waals surface area contributed by atoms with Gasteiger partial charge in [-0.3, -0.25) is 4.79 Å². The molecule has 0 saturated carbocycles. The number of thiophene rings is 1. The van der Waals surface area contributed by atoms with E-state index in [0.29, 0.717) is 22.9 Å². The number of aryl methyl sites for hydroxylation is 2. The number of carbonyl (C=O) groups is 2. The summed E-state index contributed by atoms with van der Waals surface area (Å²) < 4.78 is 2.30. The van der Waals surface area contributed by atoms with Gasteiger partial charge in [-0.25, -0.2) is 4.79 Å². The maximum atomic E-state index is 11.3. The van der Waals surface area contributed by atoms with Crippen LogP contribution in [0.3, 0.4) is 0 Å². The summed E-state index contributed by atoms with van der Waals surface area (Å²) in [6, 6.07) is 5.14. The highest BCUT2D eigenvalue weighted by Crippen LogP contribution is 2.22. The number of ketones is 1. The Morgan fingerprint density at radius 1 is 1.42 bits per heavy atom. The molecular formula is C13H12ClNO3S. The van der Waals surface area contributed by atoms with E-state index in [0.717, 1.165) is 4.88 Å². The van der Waals surface area contributed by atoms with Crippen LogP contribution in [0.5, 0.6) is 0 Å². The van der Waals surface area contributed by atoms with E-state index >= 15 is 0 Å². The van der Waals surface area contributed by atoms with Crippen LogP contribution in [0.25, 0.3) is 0 Å². The highest BCUT2D eigenvalue weighted by Gasteiger charge is 2.14. The van der Waals surface area contributed by atoms with Gasteiger partial charge in [0.2, 0.25) is 0 Å². The third-order valence-electron chi connectivity index (χ3n) is 2.75. The Bertz CT molecular complexity index is 630. The predicted octanol–water partition coefficient (Wildman–Crippen LogP) is 3.35. The summed E-state index contributed by atoms with van der Waals surface area (Å²) in [5.74, 6) is -1.17. The average molecular weight is 298 g/mol. The molecule has 6 heteroatoms. The number of nitrogens with zero attached hydrogens (tertiary/aromatic N) is 1. The summed E-state index contributed by atoms with van der Waals surface area (Å²) in [4.78, 5) is 23.5. The molecule has 0 unspecified atom stereocenters. The van der Waals surface area contributed by atoms with Crippen molar-refractivity contribution in [3.05, 3.63) is 44.9 Å². The van der Waals surface area contributed by atoms with Crippen molar-refractivity contribution in [3.8, 4) is 0 Å². The molecular weight excluding hydrogens is 286 g/mol. The van der Waals surface area contributed by atoms with Crippen molar-refractivity contribution in [2.75, 3.05) is 0 Å². The number of carboxylic acid groups (broad SMARTS) is 1. The number of halogens is 1. The fourth-order valence-corrected chi connectivity index (χ4v) is 2.86. The number of carbonyl (C=O) groups excluding carboxylic acids is 1. The Kier molecular flexibility index (Phi) is 4.07. The zero-order chi connectivity index (χ0) is 14.0. The van der Waals surface area contributed by atoms with Gasteiger partial charge in [-0.05, 0) is 31.5 Å². The van der Waals surface area contributed by atoms with E-state index in [2.05, 4.69) is 0 Å². The third kappa shape index (κ3) is 3.24. The maximum Gasteiger partial charge on any atom is 0.352 e. The monoisotopic (exact) mass is 297 g/mol. The van der Waals surface area contributed by atoms with E-state index in [1.54, 1.807) is 10.8 Å². The second-order valence-electron chi connectivity index (χ2n) is 4.12. The first-order valence-corrected chi connectivity index (χ1v) is 6.85. The van der Waals surface area contributed by atoms with E-state index in [1.165, 1.54) is 24.3 Å². The zero-order valence-corrected chi connectivity index (χ0v) is 11.8. The van der Waals surface area contributed by atoms with Crippen molar-refractivity contribution in [3.63, 3.8) is 0 Å². The topological polar surface area (TPSA) is 59.3 Å². The highest BCUT2D eigenvalue weighted by molar-refractivity contribution is 7.16. The summed E-state index contributed by atoms with van der Waals surface area (Å²) in [7, 11) is 0. The van der Waals surface area contributed by atoms with E-state index in [4.69, 9.17) is 16.7 Å². The second-order valence-corrected chi connectivity index (χ2v) is 5.92. The number of aromatic carboxylic acids is 1. The van der Waals surface area contributed by atoms with Crippen molar-refractivity contribution in [2.24, 2.45) is 0 Å². The van der Waals surface area contributed by atoms with Crippen molar-refractivity contribution < 1.29 is 14.7 Å². The SMILES string of the molecule is CC(=O)c1cc(C(=O)O)n(CCc2ccc(Cl)s2)c1. The molecule has 0 aliphatic carbocycles. The molecule has 100 valence electrons. The summed E-state index contributed by atoms with van der Waals surface area (Å²) in [5, 5.41) is 9.11. The van der Waals surface area contributed by atoms with Gasteiger partial charge < -0.3 is 9.67 Å². The molecule has 0 aliphatic rings. The van der Waals surface area contributed by atoms with Gasteiger partial charge in [-0.15, -0.1) is 11.3 Å². The van der Waals surface area contributed by atoms with E-state index in [1.807, 2.05) is 12.1 Å². The van der Waals surface area contributed by atoms with Crippen molar-refractivity contribution in [2.45, 2.75) is 19.9 Å². The van der Waals surface area contributed by atoms with Crippen LogP contribution in [0.1, 0.15) is 32.6 Å². The van der Waals surface area contributed by atoms with Gasteiger partial charge in [0.25, 0.3) is 0 Å². The minimum Gasteiger partial charge on any atom is -0.477 e. The molecule has 0 atom stereocenters. The van der Waals surface area contributed by atoms with Crippen LogP contribution < -0.4 is 0 Å². The van der Waals surface area contributed by atoms with E-state index in [-0.39, 0.29) is 11.5 Å². The van der Waals surface area contributed by atoms with Gasteiger partial charge in [-0.1, -0.05) is 11.6 Å². The Hall–Kier alpha value is -1.59. The number of carboxylic acids is 1. The molecule has 2 heterocycles. The van der Waals surface area contributed by atoms with Crippen LogP contribution in [0.2, 0.25) is 4.34 Å². The third-order valence-corrected chi connectivity index (χ3v) is 4.04. The van der Waals surface area contributed by atoms with Crippen molar-refractivity contribution in [1.82, 2.24) is 4.57 Å². The zero-order valence-electron chi connectivity index (χ0n) is 10.2. The lowest BCUT2D eigenvalue weighted by atomic mass is 10.2. The van der Waals surface area contributed by atoms with Crippen LogP contribution in [0, 0.1) is 0 Å². The van der Waals surface area contributed by atoms with E-state index < -0.39 is 5.97 Å². The smallest absolute Gasteiger partial charge is 0.352 e. The van der Waals surface area contributed by atoms with Crippen LogP contribution >= 0.6 is 22.9 Å². The first kappa shape index (κ1) is 13.8. The Balaban J connectivity index is 2.18. The fraction of sp³-hybridized carbons (Fsp3) is 0.231. The molecule has 0 aromatic carbocycles. The number of hydrogen-bond acceptors (Lipinski definition) is 3. The molecule has 0 spiro atoms. The summed E-state index contributed by atoms with van der Waals surface area (Å²) >= 11 is 7.31. The molecule has 0 aliphatic heterocycles. The number of aromatic nitrogens is 1. The van der Waals surface area contributed by atoms with Crippen molar-refractivity contribution in [1.29, 1.82) is 0 Å². The molecule has 0 fully saturated rings. The largest absolute Gasteiger partial charge is 0.477 e. The Morgan fingerprint density at radius 2 is 2.16 bits per heavy atom. The van der Waals surface area contributed by atoms with Crippen LogP contribution in [-0.2, 0) is 13.0 Å². The summed E-state index contributed by atoms with van der Waals surface area (Å²) in [6.07, 6.45) is 2.27. The molecule has 2 aromatic heterocycles. The normalized spacial score (nSPS) is 10.6. The van der Waals surface area contributed by atoms with E-state index in [9.17, 15) is 9.59 Å². The minimum absolute atomic E-state index is 0.132. The van der Waals surface area contributed by atoms with Crippen molar-refractivity contribution >= 4 is 34.7 Å². The predicted molar refractivity (Wildman–Crippen MR) is 74.4 cm³/mol. The lowest BCUT2D eigenvalue weighted by Crippen LogP contribution is -2.08. The molecule has 4 nitrogen and oxygen atoms in total. The van der Waals surface area contributed by atoms with Gasteiger partial charge in [0.05, 0.1) is 4.34 Å². The first-order chi connectivity index (χ1) is 8.97. The van der Waals surface area contributed by atoms with Crippen LogP contribution in [0.15, 0.2) is 24.4 Å². The van der Waals surface area contributed by atoms with Gasteiger partial charge in [0.1, 0.15) is 5.69 Å². The molecule has 19 heavy (non-hydrogen) atoms.